The number of benzene rings is 1. The SMILES string of the molecule is CC1(n2cnc3ccc(C(=O)O)cc32)CCC1. The van der Waals surface area contributed by atoms with Gasteiger partial charge in [-0.3, -0.25) is 0 Å². The smallest absolute Gasteiger partial charge is 0.335 e. The van der Waals surface area contributed by atoms with Gasteiger partial charge in [0.15, 0.2) is 0 Å². The van der Waals surface area contributed by atoms with Gasteiger partial charge in [0, 0.05) is 5.54 Å². The van der Waals surface area contributed by atoms with E-state index in [9.17, 15) is 4.79 Å². The Bertz CT molecular complexity index is 596. The maximum atomic E-state index is 11.0. The first kappa shape index (κ1) is 10.3. The lowest BCUT2D eigenvalue weighted by molar-refractivity contribution is 0.0697. The number of imidazole rings is 1. The molecule has 0 unspecified atom stereocenters. The summed E-state index contributed by atoms with van der Waals surface area (Å²) in [5, 5.41) is 9.02. The number of aromatic carboxylic acids is 1. The Labute approximate surface area is 98.9 Å². The Hall–Kier alpha value is -1.84. The molecule has 1 fully saturated rings. The van der Waals surface area contributed by atoms with Gasteiger partial charge in [-0.05, 0) is 44.4 Å². The monoisotopic (exact) mass is 230 g/mol. The van der Waals surface area contributed by atoms with E-state index in [0.717, 1.165) is 23.9 Å². The number of hydrogen-bond acceptors (Lipinski definition) is 2. The van der Waals surface area contributed by atoms with E-state index in [2.05, 4.69) is 16.5 Å². The van der Waals surface area contributed by atoms with Gasteiger partial charge in [-0.2, -0.15) is 0 Å². The van der Waals surface area contributed by atoms with Crippen LogP contribution in [0.4, 0.5) is 0 Å². The van der Waals surface area contributed by atoms with Crippen LogP contribution >= 0.6 is 0 Å². The first-order valence-corrected chi connectivity index (χ1v) is 5.81. The summed E-state index contributed by atoms with van der Waals surface area (Å²) >= 11 is 0. The number of hydrogen-bond donors (Lipinski definition) is 1. The lowest BCUT2D eigenvalue weighted by Crippen LogP contribution is -2.36. The molecule has 0 amide bonds. The molecule has 0 bridgehead atoms. The van der Waals surface area contributed by atoms with Crippen LogP contribution in [0.25, 0.3) is 11.0 Å². The molecule has 0 spiro atoms. The third-order valence-corrected chi connectivity index (χ3v) is 3.81. The van der Waals surface area contributed by atoms with Gasteiger partial charge in [-0.15, -0.1) is 0 Å². The lowest BCUT2D eigenvalue weighted by Gasteiger charge is -2.40. The van der Waals surface area contributed by atoms with Crippen LogP contribution in [0, 0.1) is 0 Å². The third-order valence-electron chi connectivity index (χ3n) is 3.81. The second-order valence-corrected chi connectivity index (χ2v) is 4.97. The van der Waals surface area contributed by atoms with Gasteiger partial charge in [-0.1, -0.05) is 0 Å². The van der Waals surface area contributed by atoms with Gasteiger partial charge in [-0.25, -0.2) is 9.78 Å². The number of carbonyl (C=O) groups is 1. The Morgan fingerprint density at radius 3 is 2.82 bits per heavy atom. The van der Waals surface area contributed by atoms with E-state index >= 15 is 0 Å². The zero-order valence-corrected chi connectivity index (χ0v) is 9.68. The fourth-order valence-corrected chi connectivity index (χ4v) is 2.50. The van der Waals surface area contributed by atoms with Crippen molar-refractivity contribution in [2.24, 2.45) is 0 Å². The average molecular weight is 230 g/mol. The summed E-state index contributed by atoms with van der Waals surface area (Å²) in [4.78, 5) is 15.3. The molecule has 0 saturated heterocycles. The second kappa shape index (κ2) is 3.32. The largest absolute Gasteiger partial charge is 0.478 e. The fraction of sp³-hybridized carbons (Fsp3) is 0.385. The quantitative estimate of drug-likeness (QED) is 0.862. The first-order valence-electron chi connectivity index (χ1n) is 5.81. The number of fused-ring (bicyclic) bond motifs is 1. The zero-order chi connectivity index (χ0) is 12.0. The summed E-state index contributed by atoms with van der Waals surface area (Å²) in [6.45, 7) is 2.20. The van der Waals surface area contributed by atoms with Crippen molar-refractivity contribution in [3.63, 3.8) is 0 Å². The van der Waals surface area contributed by atoms with Crippen molar-refractivity contribution in [2.45, 2.75) is 31.7 Å². The maximum absolute atomic E-state index is 11.0. The summed E-state index contributed by atoms with van der Waals surface area (Å²) in [5.74, 6) is -0.890. The number of carboxylic acids is 1. The topological polar surface area (TPSA) is 55.1 Å². The summed E-state index contributed by atoms with van der Waals surface area (Å²) in [6, 6.07) is 5.09. The van der Waals surface area contributed by atoms with Crippen molar-refractivity contribution in [1.29, 1.82) is 0 Å². The Morgan fingerprint density at radius 2 is 2.24 bits per heavy atom. The molecule has 1 aromatic carbocycles. The van der Waals surface area contributed by atoms with Crippen molar-refractivity contribution in [3.8, 4) is 0 Å². The predicted molar refractivity (Wildman–Crippen MR) is 64.2 cm³/mol. The minimum atomic E-state index is -0.890. The highest BCUT2D eigenvalue weighted by molar-refractivity contribution is 5.92. The van der Waals surface area contributed by atoms with Gasteiger partial charge >= 0.3 is 5.97 Å². The molecule has 1 aliphatic rings. The van der Waals surface area contributed by atoms with Gasteiger partial charge in [0.25, 0.3) is 0 Å². The van der Waals surface area contributed by atoms with Crippen LogP contribution in [0.5, 0.6) is 0 Å². The van der Waals surface area contributed by atoms with E-state index in [-0.39, 0.29) is 5.54 Å². The minimum Gasteiger partial charge on any atom is -0.478 e. The fourth-order valence-electron chi connectivity index (χ4n) is 2.50. The molecule has 0 radical (unpaired) electrons. The molecular formula is C13H14N2O2. The number of carboxylic acid groups (broad SMARTS) is 1. The standard InChI is InChI=1S/C13H14N2O2/c1-13(5-2-6-13)15-8-14-10-4-3-9(12(16)17)7-11(10)15/h3-4,7-8H,2,5-6H2,1H3,(H,16,17). The maximum Gasteiger partial charge on any atom is 0.335 e. The Morgan fingerprint density at radius 1 is 1.47 bits per heavy atom. The van der Waals surface area contributed by atoms with Crippen molar-refractivity contribution < 1.29 is 9.90 Å². The van der Waals surface area contributed by atoms with Crippen LogP contribution in [-0.4, -0.2) is 20.6 Å². The van der Waals surface area contributed by atoms with Gasteiger partial charge in [0.2, 0.25) is 0 Å². The van der Waals surface area contributed by atoms with E-state index in [1.807, 2.05) is 6.33 Å². The van der Waals surface area contributed by atoms with Crippen molar-refractivity contribution in [1.82, 2.24) is 9.55 Å². The van der Waals surface area contributed by atoms with E-state index < -0.39 is 5.97 Å². The number of rotatable bonds is 2. The predicted octanol–water partition coefficient (Wildman–Crippen LogP) is 2.63. The summed E-state index contributed by atoms with van der Waals surface area (Å²) in [6.07, 6.45) is 5.33. The third kappa shape index (κ3) is 1.44. The van der Waals surface area contributed by atoms with Crippen molar-refractivity contribution >= 4 is 17.0 Å². The molecule has 1 aromatic heterocycles. The second-order valence-electron chi connectivity index (χ2n) is 4.97. The number of nitrogens with zero attached hydrogens (tertiary/aromatic N) is 2. The molecule has 1 N–H and O–H groups in total. The molecule has 4 heteroatoms. The number of aromatic nitrogens is 2. The summed E-state index contributed by atoms with van der Waals surface area (Å²) in [5.41, 5.74) is 2.23. The Balaban J connectivity index is 2.19. The molecule has 1 saturated carbocycles. The normalized spacial score (nSPS) is 17.9. The Kier molecular flexibility index (Phi) is 2.02. The summed E-state index contributed by atoms with van der Waals surface area (Å²) in [7, 11) is 0. The van der Waals surface area contributed by atoms with E-state index in [1.54, 1.807) is 18.2 Å². The van der Waals surface area contributed by atoms with E-state index in [1.165, 1.54) is 6.42 Å². The van der Waals surface area contributed by atoms with E-state index in [0.29, 0.717) is 5.56 Å². The molecule has 17 heavy (non-hydrogen) atoms. The molecule has 1 aliphatic carbocycles. The molecule has 3 rings (SSSR count). The highest BCUT2D eigenvalue weighted by atomic mass is 16.4. The van der Waals surface area contributed by atoms with Gasteiger partial charge in [0.05, 0.1) is 22.9 Å². The van der Waals surface area contributed by atoms with Crippen LogP contribution in [0.1, 0.15) is 36.5 Å². The average Bonchev–Trinajstić information content (AvgIpc) is 2.68. The zero-order valence-electron chi connectivity index (χ0n) is 9.68. The molecule has 4 nitrogen and oxygen atoms in total. The molecule has 0 atom stereocenters. The highest BCUT2D eigenvalue weighted by Crippen LogP contribution is 2.40. The first-order chi connectivity index (χ1) is 8.10. The lowest BCUT2D eigenvalue weighted by atomic mass is 9.78. The van der Waals surface area contributed by atoms with Crippen LogP contribution in [-0.2, 0) is 5.54 Å². The summed E-state index contributed by atoms with van der Waals surface area (Å²) < 4.78 is 2.12. The van der Waals surface area contributed by atoms with Gasteiger partial charge < -0.3 is 9.67 Å². The van der Waals surface area contributed by atoms with E-state index in [4.69, 9.17) is 5.11 Å². The van der Waals surface area contributed by atoms with Crippen LogP contribution in [0.3, 0.4) is 0 Å². The molecule has 88 valence electrons. The minimum absolute atomic E-state index is 0.117. The van der Waals surface area contributed by atoms with Crippen LogP contribution in [0.15, 0.2) is 24.5 Å². The van der Waals surface area contributed by atoms with Crippen LogP contribution < -0.4 is 0 Å². The van der Waals surface area contributed by atoms with Crippen molar-refractivity contribution in [3.05, 3.63) is 30.1 Å². The molecular weight excluding hydrogens is 216 g/mol. The molecule has 1 heterocycles. The molecule has 0 aliphatic heterocycles. The highest BCUT2D eigenvalue weighted by Gasteiger charge is 2.34. The van der Waals surface area contributed by atoms with Crippen molar-refractivity contribution in [2.75, 3.05) is 0 Å². The molecule has 2 aromatic rings. The van der Waals surface area contributed by atoms with Crippen LogP contribution in [0.2, 0.25) is 0 Å². The van der Waals surface area contributed by atoms with Gasteiger partial charge in [0.1, 0.15) is 0 Å².